The van der Waals surface area contributed by atoms with E-state index in [9.17, 15) is 0 Å². The Morgan fingerprint density at radius 3 is 1.86 bits per heavy atom. The van der Waals surface area contributed by atoms with Gasteiger partial charge >= 0.3 is 0 Å². The van der Waals surface area contributed by atoms with E-state index in [1.165, 1.54) is 9.79 Å². The Kier molecular flexibility index (Phi) is 5.62. The van der Waals surface area contributed by atoms with Crippen LogP contribution in [0, 0.1) is 0 Å². The Bertz CT molecular complexity index is 527. The van der Waals surface area contributed by atoms with Gasteiger partial charge < -0.3 is 0 Å². The van der Waals surface area contributed by atoms with Gasteiger partial charge in [0.1, 0.15) is 0 Å². The highest BCUT2D eigenvalue weighted by molar-refractivity contribution is 8.31. The van der Waals surface area contributed by atoms with Gasteiger partial charge in [-0.1, -0.05) is 48.6 Å². The van der Waals surface area contributed by atoms with Gasteiger partial charge in [0, 0.05) is 23.4 Å². The first-order valence-electron chi connectivity index (χ1n) is 7.15. The Hall–Kier alpha value is -1.55. The van der Waals surface area contributed by atoms with Gasteiger partial charge in [-0.3, -0.25) is 0 Å². The molecule has 1 N–H and O–H groups in total. The molecule has 0 unspecified atom stereocenters. The van der Waals surface area contributed by atoms with Crippen molar-refractivity contribution in [2.24, 2.45) is 0 Å². The highest BCUT2D eigenvalue weighted by atomic mass is 32.3. The molecule has 0 saturated carbocycles. The zero-order chi connectivity index (χ0) is 15.1. The molecule has 0 aliphatic heterocycles. The number of hydrogen-bond acceptors (Lipinski definition) is 2. The lowest BCUT2D eigenvalue weighted by Crippen LogP contribution is -2.36. The van der Waals surface area contributed by atoms with Crippen molar-refractivity contribution in [3.05, 3.63) is 72.8 Å². The van der Waals surface area contributed by atoms with Gasteiger partial charge in [-0.2, -0.15) is 0 Å². The summed E-state index contributed by atoms with van der Waals surface area (Å²) in [6.07, 6.45) is 6.54. The topological polar surface area (TPSA) is 15.3 Å². The molecule has 0 fully saturated rings. The number of likely N-dealkylation sites (N-methyl/N-ethyl adjacent to an activating group) is 1. The molecule has 0 radical (unpaired) electrons. The van der Waals surface area contributed by atoms with E-state index in [1.807, 2.05) is 6.92 Å². The summed E-state index contributed by atoms with van der Waals surface area (Å²) < 4.78 is 0. The van der Waals surface area contributed by atoms with E-state index in [1.54, 1.807) is 0 Å². The largest absolute Gasteiger partial charge is 0.235 e. The minimum Gasteiger partial charge on any atom is -0.235 e. The molecule has 0 aliphatic carbocycles. The second kappa shape index (κ2) is 7.46. The van der Waals surface area contributed by atoms with Crippen LogP contribution in [-0.4, -0.2) is 24.9 Å². The van der Waals surface area contributed by atoms with Crippen molar-refractivity contribution < 1.29 is 0 Å². The molecule has 2 nitrogen and oxygen atoms in total. The summed E-state index contributed by atoms with van der Waals surface area (Å²) in [6.45, 7) is 2.94. The molecule has 21 heavy (non-hydrogen) atoms. The van der Waals surface area contributed by atoms with Crippen LogP contribution in [-0.2, 0) is 0 Å². The maximum absolute atomic E-state index is 3.73. The quantitative estimate of drug-likeness (QED) is 0.625. The predicted octanol–water partition coefficient (Wildman–Crippen LogP) is 4.47. The van der Waals surface area contributed by atoms with Crippen LogP contribution in [0.15, 0.2) is 82.6 Å². The van der Waals surface area contributed by atoms with Crippen molar-refractivity contribution in [3.63, 3.8) is 0 Å². The van der Waals surface area contributed by atoms with Crippen LogP contribution in [0.2, 0.25) is 0 Å². The van der Waals surface area contributed by atoms with Gasteiger partial charge in [-0.05, 0) is 37.4 Å². The van der Waals surface area contributed by atoms with Crippen molar-refractivity contribution in [1.82, 2.24) is 9.84 Å². The number of benzene rings is 2. The number of allylic oxidation sites excluding steroid dienone is 1. The average molecular weight is 300 g/mol. The minimum atomic E-state index is -1.28. The highest BCUT2D eigenvalue weighted by Gasteiger charge is 2.23. The molecule has 0 spiro atoms. The summed E-state index contributed by atoms with van der Waals surface area (Å²) in [5, 5.41) is 2.16. The molecule has 0 bridgehead atoms. The monoisotopic (exact) mass is 300 g/mol. The number of nitrogens with zero attached hydrogens (tertiary/aromatic N) is 1. The number of nitrogens with one attached hydrogen (secondary N) is 1. The molecule has 0 amide bonds. The number of rotatable bonds is 6. The molecule has 3 heteroatoms. The van der Waals surface area contributed by atoms with Crippen molar-refractivity contribution in [2.75, 3.05) is 19.8 Å². The summed E-state index contributed by atoms with van der Waals surface area (Å²) in [5.41, 5.74) is 0. The maximum atomic E-state index is 3.73. The predicted molar refractivity (Wildman–Crippen MR) is 93.5 cm³/mol. The lowest BCUT2D eigenvalue weighted by atomic mass is 10.4. The zero-order valence-electron chi connectivity index (χ0n) is 13.0. The van der Waals surface area contributed by atoms with Crippen LogP contribution >= 0.6 is 10.2 Å². The van der Waals surface area contributed by atoms with E-state index >= 15 is 0 Å². The van der Waals surface area contributed by atoms with E-state index in [0.717, 1.165) is 6.54 Å². The van der Waals surface area contributed by atoms with Gasteiger partial charge in [0.2, 0.25) is 0 Å². The summed E-state index contributed by atoms with van der Waals surface area (Å²) in [7, 11) is 0.810. The van der Waals surface area contributed by atoms with E-state index in [0.29, 0.717) is 0 Å². The fourth-order valence-corrected chi connectivity index (χ4v) is 4.82. The highest BCUT2D eigenvalue weighted by Crippen LogP contribution is 2.55. The van der Waals surface area contributed by atoms with Crippen LogP contribution in [0.4, 0.5) is 0 Å². The average Bonchev–Trinajstić information content (AvgIpc) is 2.54. The molecule has 2 rings (SSSR count). The second-order valence-electron chi connectivity index (χ2n) is 5.09. The van der Waals surface area contributed by atoms with Crippen LogP contribution in [0.5, 0.6) is 0 Å². The van der Waals surface area contributed by atoms with Gasteiger partial charge in [0.05, 0.1) is 0 Å². The molecule has 0 aliphatic rings. The van der Waals surface area contributed by atoms with Gasteiger partial charge in [0.15, 0.2) is 0 Å². The number of hydrazine groups is 1. The third-order valence-electron chi connectivity index (χ3n) is 3.38. The maximum Gasteiger partial charge on any atom is 0.0317 e. The molecule has 0 aromatic heterocycles. The third kappa shape index (κ3) is 3.97. The molecule has 0 saturated heterocycles. The van der Waals surface area contributed by atoms with E-state index in [2.05, 4.69) is 96.0 Å². The normalized spacial score (nSPS) is 13.0. The van der Waals surface area contributed by atoms with Gasteiger partial charge in [0.25, 0.3) is 0 Å². The second-order valence-corrected chi connectivity index (χ2v) is 8.05. The lowest BCUT2D eigenvalue weighted by Gasteiger charge is -2.41. The first-order valence-corrected chi connectivity index (χ1v) is 9.19. The Morgan fingerprint density at radius 2 is 1.43 bits per heavy atom. The Balaban J connectivity index is 2.35. The fraction of sp³-hybridized carbons (Fsp3) is 0.222. The SMILES string of the molecule is C/C=C\CN(C)NS(C)(c1ccccc1)c1ccccc1. The van der Waals surface area contributed by atoms with Crippen molar-refractivity contribution in [3.8, 4) is 0 Å². The van der Waals surface area contributed by atoms with Crippen LogP contribution in [0.3, 0.4) is 0 Å². The van der Waals surface area contributed by atoms with E-state index in [-0.39, 0.29) is 0 Å². The molecule has 112 valence electrons. The molecule has 2 aromatic rings. The van der Waals surface area contributed by atoms with Crippen molar-refractivity contribution >= 4 is 10.2 Å². The molecule has 0 heterocycles. The third-order valence-corrected chi connectivity index (χ3v) is 6.49. The Morgan fingerprint density at radius 1 is 0.952 bits per heavy atom. The first-order chi connectivity index (χ1) is 10.2. The zero-order valence-corrected chi connectivity index (χ0v) is 13.8. The van der Waals surface area contributed by atoms with Crippen molar-refractivity contribution in [2.45, 2.75) is 16.7 Å². The summed E-state index contributed by atoms with van der Waals surface area (Å²) >= 11 is 0. The van der Waals surface area contributed by atoms with Gasteiger partial charge in [-0.25, -0.2) is 9.84 Å². The molecular weight excluding hydrogens is 276 g/mol. The Labute approximate surface area is 129 Å². The van der Waals surface area contributed by atoms with Crippen LogP contribution in [0.1, 0.15) is 6.92 Å². The fourth-order valence-electron chi connectivity index (χ4n) is 2.24. The molecular formula is C18H24N2S. The van der Waals surface area contributed by atoms with E-state index in [4.69, 9.17) is 0 Å². The smallest absolute Gasteiger partial charge is 0.0317 e. The standard InChI is InChI=1S/C18H24N2S/c1-4-5-16-20(2)19-21(3,17-12-8-6-9-13-17)18-14-10-7-11-15-18/h4-15,19H,16H2,1-3H3/b5-4-. The van der Waals surface area contributed by atoms with Crippen LogP contribution < -0.4 is 4.83 Å². The molecule has 2 aromatic carbocycles. The number of hydrogen-bond donors (Lipinski definition) is 1. The first kappa shape index (κ1) is 15.8. The van der Waals surface area contributed by atoms with E-state index < -0.39 is 10.2 Å². The summed E-state index contributed by atoms with van der Waals surface area (Å²) in [4.78, 5) is 6.40. The minimum absolute atomic E-state index is 0.888. The van der Waals surface area contributed by atoms with Gasteiger partial charge in [-0.15, -0.1) is 10.2 Å². The summed E-state index contributed by atoms with van der Waals surface area (Å²) in [6, 6.07) is 21.4. The molecule has 0 atom stereocenters. The lowest BCUT2D eigenvalue weighted by molar-refractivity contribution is 0.341. The van der Waals surface area contributed by atoms with Crippen LogP contribution in [0.25, 0.3) is 0 Å². The van der Waals surface area contributed by atoms with Crippen molar-refractivity contribution in [1.29, 1.82) is 0 Å². The summed E-state index contributed by atoms with van der Waals surface area (Å²) in [5.74, 6) is 0.